The molecule has 1 aromatic heterocycles. The van der Waals surface area contributed by atoms with Gasteiger partial charge in [0.25, 0.3) is 5.91 Å². The summed E-state index contributed by atoms with van der Waals surface area (Å²) in [4.78, 5) is 17.7. The Balaban J connectivity index is 1.51. The molecule has 0 N–H and O–H groups in total. The molecule has 2 aromatic rings. The van der Waals surface area contributed by atoms with Crippen molar-refractivity contribution >= 4 is 16.8 Å². The molecule has 4 rings (SSSR count). The van der Waals surface area contributed by atoms with E-state index in [9.17, 15) is 9.18 Å². The zero-order chi connectivity index (χ0) is 18.3. The van der Waals surface area contributed by atoms with Gasteiger partial charge in [-0.1, -0.05) is 19.3 Å². The van der Waals surface area contributed by atoms with Crippen LogP contribution in [0.15, 0.2) is 18.2 Å². The highest BCUT2D eigenvalue weighted by Gasteiger charge is 2.29. The Morgan fingerprint density at radius 1 is 1.08 bits per heavy atom. The van der Waals surface area contributed by atoms with Gasteiger partial charge < -0.3 is 9.47 Å². The lowest BCUT2D eigenvalue weighted by Crippen LogP contribution is -2.52. The average molecular weight is 357 g/mol. The summed E-state index contributed by atoms with van der Waals surface area (Å²) >= 11 is 0. The quantitative estimate of drug-likeness (QED) is 0.820. The van der Waals surface area contributed by atoms with Crippen LogP contribution in [0, 0.1) is 12.7 Å². The molecule has 1 saturated carbocycles. The lowest BCUT2D eigenvalue weighted by molar-refractivity contribution is 0.0515. The van der Waals surface area contributed by atoms with E-state index in [-0.39, 0.29) is 11.7 Å². The van der Waals surface area contributed by atoms with E-state index < -0.39 is 0 Å². The fraction of sp³-hybridized carbons (Fsp3) is 0.571. The van der Waals surface area contributed by atoms with Crippen LogP contribution in [0.2, 0.25) is 0 Å². The molecule has 26 heavy (non-hydrogen) atoms. The maximum Gasteiger partial charge on any atom is 0.270 e. The van der Waals surface area contributed by atoms with E-state index in [1.165, 1.54) is 44.2 Å². The van der Waals surface area contributed by atoms with Gasteiger partial charge in [-0.15, -0.1) is 0 Å². The Labute approximate surface area is 154 Å². The number of rotatable bonds is 2. The van der Waals surface area contributed by atoms with Gasteiger partial charge in [0, 0.05) is 50.2 Å². The highest BCUT2D eigenvalue weighted by atomic mass is 19.1. The molecule has 0 spiro atoms. The minimum Gasteiger partial charge on any atom is -0.339 e. The lowest BCUT2D eigenvalue weighted by Gasteiger charge is -2.40. The van der Waals surface area contributed by atoms with Crippen molar-refractivity contribution in [3.63, 3.8) is 0 Å². The first-order chi connectivity index (χ1) is 12.6. The molecule has 0 unspecified atom stereocenters. The highest BCUT2D eigenvalue weighted by Crippen LogP contribution is 2.28. The summed E-state index contributed by atoms with van der Waals surface area (Å²) in [5, 5.41) is 0.830. The first-order valence-corrected chi connectivity index (χ1v) is 9.84. The molecule has 0 bridgehead atoms. The zero-order valence-corrected chi connectivity index (χ0v) is 15.8. The van der Waals surface area contributed by atoms with Crippen molar-refractivity contribution in [3.05, 3.63) is 35.3 Å². The molecule has 2 heterocycles. The van der Waals surface area contributed by atoms with Crippen molar-refractivity contribution in [1.29, 1.82) is 0 Å². The number of benzene rings is 1. The van der Waals surface area contributed by atoms with Gasteiger partial charge in [-0.3, -0.25) is 9.69 Å². The van der Waals surface area contributed by atoms with Crippen LogP contribution in [-0.4, -0.2) is 52.5 Å². The number of halogens is 1. The van der Waals surface area contributed by atoms with Gasteiger partial charge in [-0.25, -0.2) is 4.39 Å². The van der Waals surface area contributed by atoms with E-state index >= 15 is 0 Å². The second-order valence-corrected chi connectivity index (χ2v) is 7.81. The number of amides is 1. The van der Waals surface area contributed by atoms with E-state index in [4.69, 9.17) is 0 Å². The van der Waals surface area contributed by atoms with Gasteiger partial charge in [0.1, 0.15) is 11.5 Å². The van der Waals surface area contributed by atoms with Crippen LogP contribution < -0.4 is 0 Å². The highest BCUT2D eigenvalue weighted by molar-refractivity contribution is 6.01. The van der Waals surface area contributed by atoms with Crippen LogP contribution in [0.25, 0.3) is 10.9 Å². The molecule has 2 aliphatic rings. The third-order valence-electron chi connectivity index (χ3n) is 6.31. The fourth-order valence-electron chi connectivity index (χ4n) is 4.79. The smallest absolute Gasteiger partial charge is 0.270 e. The SMILES string of the molecule is Cc1c(C(=O)N2CCN(C3CCCCC3)CC2)n(C)c2ccc(F)cc12. The van der Waals surface area contributed by atoms with E-state index in [1.807, 2.05) is 23.4 Å². The minimum absolute atomic E-state index is 0.0740. The number of carbonyl (C=O) groups is 1. The largest absolute Gasteiger partial charge is 0.339 e. The second kappa shape index (κ2) is 7.03. The molecule has 4 nitrogen and oxygen atoms in total. The molecule has 1 saturated heterocycles. The van der Waals surface area contributed by atoms with Gasteiger partial charge in [-0.05, 0) is 43.5 Å². The standard InChI is InChI=1S/C21H28FN3O/c1-15-18-14-16(22)8-9-19(18)23(2)20(15)21(26)25-12-10-24(11-13-25)17-6-4-3-5-7-17/h8-9,14,17H,3-7,10-13H2,1-2H3. The number of fused-ring (bicyclic) bond motifs is 1. The molecular weight excluding hydrogens is 329 g/mol. The van der Waals surface area contributed by atoms with Crippen molar-refractivity contribution in [2.75, 3.05) is 26.2 Å². The number of nitrogens with zero attached hydrogens (tertiary/aromatic N) is 3. The Kier molecular flexibility index (Phi) is 4.74. The molecule has 1 aliphatic heterocycles. The fourth-order valence-corrected chi connectivity index (χ4v) is 4.79. The number of aromatic nitrogens is 1. The molecule has 140 valence electrons. The van der Waals surface area contributed by atoms with Crippen molar-refractivity contribution in [3.8, 4) is 0 Å². The molecule has 1 aromatic carbocycles. The maximum atomic E-state index is 13.6. The van der Waals surface area contributed by atoms with E-state index in [2.05, 4.69) is 4.90 Å². The third kappa shape index (κ3) is 3.02. The van der Waals surface area contributed by atoms with Gasteiger partial charge in [-0.2, -0.15) is 0 Å². The van der Waals surface area contributed by atoms with E-state index in [0.717, 1.165) is 42.6 Å². The van der Waals surface area contributed by atoms with Gasteiger partial charge in [0.15, 0.2) is 0 Å². The molecule has 5 heteroatoms. The van der Waals surface area contributed by atoms with Gasteiger partial charge >= 0.3 is 0 Å². The van der Waals surface area contributed by atoms with E-state index in [0.29, 0.717) is 11.7 Å². The van der Waals surface area contributed by atoms with Crippen molar-refractivity contribution in [2.24, 2.45) is 7.05 Å². The predicted octanol–water partition coefficient (Wildman–Crippen LogP) is 3.72. The first-order valence-electron chi connectivity index (χ1n) is 9.84. The van der Waals surface area contributed by atoms with Crippen LogP contribution in [0.4, 0.5) is 4.39 Å². The summed E-state index contributed by atoms with van der Waals surface area (Å²) in [6.07, 6.45) is 6.67. The van der Waals surface area contributed by atoms with Crippen LogP contribution in [0.1, 0.15) is 48.2 Å². The maximum absolute atomic E-state index is 13.6. The Bertz CT molecular complexity index is 814. The normalized spacial score (nSPS) is 20.0. The van der Waals surface area contributed by atoms with Crippen LogP contribution in [-0.2, 0) is 7.05 Å². The summed E-state index contributed by atoms with van der Waals surface area (Å²) in [5.41, 5.74) is 2.48. The predicted molar refractivity (Wildman–Crippen MR) is 102 cm³/mol. The number of hydrogen-bond acceptors (Lipinski definition) is 2. The molecule has 1 aliphatic carbocycles. The Hall–Kier alpha value is -1.88. The van der Waals surface area contributed by atoms with E-state index in [1.54, 1.807) is 6.07 Å². The summed E-state index contributed by atoms with van der Waals surface area (Å²) < 4.78 is 15.5. The van der Waals surface area contributed by atoms with Crippen LogP contribution in [0.3, 0.4) is 0 Å². The number of piperazine rings is 1. The molecule has 1 amide bonds. The molecule has 2 fully saturated rings. The summed E-state index contributed by atoms with van der Waals surface area (Å²) in [7, 11) is 1.90. The number of hydrogen-bond donors (Lipinski definition) is 0. The second-order valence-electron chi connectivity index (χ2n) is 7.81. The van der Waals surface area contributed by atoms with Gasteiger partial charge in [0.05, 0.1) is 0 Å². The van der Waals surface area contributed by atoms with Crippen molar-refractivity contribution in [1.82, 2.24) is 14.4 Å². The van der Waals surface area contributed by atoms with Gasteiger partial charge in [0.2, 0.25) is 0 Å². The lowest BCUT2D eigenvalue weighted by atomic mass is 9.94. The summed E-state index contributed by atoms with van der Waals surface area (Å²) in [6, 6.07) is 5.46. The Morgan fingerprint density at radius 2 is 1.77 bits per heavy atom. The average Bonchev–Trinajstić information content (AvgIpc) is 2.92. The summed E-state index contributed by atoms with van der Waals surface area (Å²) in [5.74, 6) is -0.184. The molecular formula is C21H28FN3O. The monoisotopic (exact) mass is 357 g/mol. The minimum atomic E-state index is -0.258. The van der Waals surface area contributed by atoms with Crippen LogP contribution >= 0.6 is 0 Å². The molecule has 0 radical (unpaired) electrons. The summed E-state index contributed by atoms with van der Waals surface area (Å²) in [6.45, 7) is 5.42. The Morgan fingerprint density at radius 3 is 2.46 bits per heavy atom. The topological polar surface area (TPSA) is 28.5 Å². The van der Waals surface area contributed by atoms with Crippen molar-refractivity contribution < 1.29 is 9.18 Å². The van der Waals surface area contributed by atoms with Crippen LogP contribution in [0.5, 0.6) is 0 Å². The molecule has 0 atom stereocenters. The third-order valence-corrected chi connectivity index (χ3v) is 6.31. The first kappa shape index (κ1) is 17.5. The zero-order valence-electron chi connectivity index (χ0n) is 15.8. The van der Waals surface area contributed by atoms with Crippen molar-refractivity contribution in [2.45, 2.75) is 45.1 Å². The number of aryl methyl sites for hydroxylation is 2. The number of carbonyl (C=O) groups excluding carboxylic acids is 1.